The Balaban J connectivity index is 1.87. The highest BCUT2D eigenvalue weighted by Crippen LogP contribution is 2.52. The highest BCUT2D eigenvalue weighted by molar-refractivity contribution is 5.45. The lowest BCUT2D eigenvalue weighted by Crippen LogP contribution is -2.20. The third-order valence-electron chi connectivity index (χ3n) is 5.48. The van der Waals surface area contributed by atoms with Crippen LogP contribution >= 0.6 is 0 Å². The van der Waals surface area contributed by atoms with Gasteiger partial charge in [0.25, 0.3) is 0 Å². The van der Waals surface area contributed by atoms with Crippen molar-refractivity contribution in [3.8, 4) is 0 Å². The zero-order valence-electron chi connectivity index (χ0n) is 12.0. The lowest BCUT2D eigenvalue weighted by molar-refractivity contribution is 0.374. The first-order valence-corrected chi connectivity index (χ1v) is 8.07. The summed E-state index contributed by atoms with van der Waals surface area (Å²) in [5.41, 5.74) is 4.88. The van der Waals surface area contributed by atoms with Crippen LogP contribution in [0, 0.1) is 22.7 Å². The van der Waals surface area contributed by atoms with Crippen molar-refractivity contribution in [2.45, 2.75) is 58.3 Å². The van der Waals surface area contributed by atoms with Gasteiger partial charge in [-0.25, -0.2) is 0 Å². The van der Waals surface area contributed by atoms with E-state index in [9.17, 15) is 4.91 Å². The third-order valence-corrected chi connectivity index (χ3v) is 5.48. The molecule has 2 saturated carbocycles. The molecule has 0 spiro atoms. The average Bonchev–Trinajstić information content (AvgIpc) is 3.03. The fraction of sp³-hybridized carbons (Fsp3) is 0.765. The molecule has 0 aliphatic heterocycles. The molecular weight excluding hydrogens is 234 g/mol. The molecule has 3 unspecified atom stereocenters. The lowest BCUT2D eigenvalue weighted by atomic mass is 9.74. The molecule has 0 bridgehead atoms. The van der Waals surface area contributed by atoms with Crippen LogP contribution in [0.2, 0.25) is 0 Å². The van der Waals surface area contributed by atoms with E-state index >= 15 is 0 Å². The Morgan fingerprint density at radius 3 is 3.00 bits per heavy atom. The molecule has 0 heterocycles. The van der Waals surface area contributed by atoms with Gasteiger partial charge in [-0.2, -0.15) is 4.91 Å². The van der Waals surface area contributed by atoms with Crippen LogP contribution < -0.4 is 0 Å². The molecule has 0 amide bonds. The molecule has 3 atom stereocenters. The van der Waals surface area contributed by atoms with E-state index in [4.69, 9.17) is 0 Å². The van der Waals surface area contributed by atoms with E-state index in [0.29, 0.717) is 6.54 Å². The van der Waals surface area contributed by atoms with Crippen molar-refractivity contribution < 1.29 is 0 Å². The third kappa shape index (κ3) is 2.30. The molecule has 3 aliphatic carbocycles. The van der Waals surface area contributed by atoms with E-state index in [1.54, 1.807) is 16.7 Å². The first kappa shape index (κ1) is 13.1. The quantitative estimate of drug-likeness (QED) is 0.638. The predicted octanol–water partition coefficient (Wildman–Crippen LogP) is 5.01. The van der Waals surface area contributed by atoms with Crippen LogP contribution in [0.25, 0.3) is 0 Å². The minimum Gasteiger partial charge on any atom is -0.151 e. The molecule has 0 saturated heterocycles. The van der Waals surface area contributed by atoms with Crippen LogP contribution in [-0.4, -0.2) is 6.54 Å². The van der Waals surface area contributed by atoms with Crippen molar-refractivity contribution in [1.29, 1.82) is 0 Å². The Morgan fingerprint density at radius 2 is 2.21 bits per heavy atom. The summed E-state index contributed by atoms with van der Waals surface area (Å²) >= 11 is 0. The molecule has 0 aromatic heterocycles. The number of hydrogen-bond donors (Lipinski definition) is 0. The largest absolute Gasteiger partial charge is 0.151 e. The molecular formula is C17H25NO. The van der Waals surface area contributed by atoms with Crippen LogP contribution in [0.3, 0.4) is 0 Å². The lowest BCUT2D eigenvalue weighted by Gasteiger charge is -2.31. The minimum atomic E-state index is 0.480. The monoisotopic (exact) mass is 259 g/mol. The molecule has 2 fully saturated rings. The zero-order chi connectivity index (χ0) is 13.2. The number of rotatable bonds is 5. The van der Waals surface area contributed by atoms with Crippen LogP contribution in [-0.2, 0) is 0 Å². The topological polar surface area (TPSA) is 29.4 Å². The van der Waals surface area contributed by atoms with E-state index in [-0.39, 0.29) is 0 Å². The van der Waals surface area contributed by atoms with Crippen molar-refractivity contribution in [3.63, 3.8) is 0 Å². The SMILES string of the molecule is CCCC1CCC2C(CCN=O)=C3CCCC3=CC12. The highest BCUT2D eigenvalue weighted by Gasteiger charge is 2.40. The second kappa shape index (κ2) is 5.60. The molecule has 0 aromatic carbocycles. The molecule has 0 aromatic rings. The number of hydrogen-bond acceptors (Lipinski definition) is 2. The molecule has 3 rings (SSSR count). The normalized spacial score (nSPS) is 33.1. The van der Waals surface area contributed by atoms with Gasteiger partial charge in [0.05, 0.1) is 6.54 Å². The van der Waals surface area contributed by atoms with Gasteiger partial charge < -0.3 is 0 Å². The molecule has 0 radical (unpaired) electrons. The van der Waals surface area contributed by atoms with Gasteiger partial charge in [-0.05, 0) is 67.4 Å². The second-order valence-corrected chi connectivity index (χ2v) is 6.46. The minimum absolute atomic E-state index is 0.480. The first-order valence-electron chi connectivity index (χ1n) is 8.07. The van der Waals surface area contributed by atoms with E-state index < -0.39 is 0 Å². The standard InChI is InChI=1S/C17H25NO/c1-2-4-12-7-8-15-16(9-10-18-19)14-6-3-5-13(14)11-17(12)15/h11-12,15,17H,2-10H2,1H3. The number of nitroso groups, excluding NO2 is 1. The van der Waals surface area contributed by atoms with Crippen LogP contribution in [0.4, 0.5) is 0 Å². The van der Waals surface area contributed by atoms with Gasteiger partial charge in [0, 0.05) is 0 Å². The maximum Gasteiger partial charge on any atom is 0.0848 e. The number of fused-ring (bicyclic) bond motifs is 2. The molecule has 2 nitrogen and oxygen atoms in total. The molecule has 3 aliphatic rings. The summed E-state index contributed by atoms with van der Waals surface area (Å²) < 4.78 is 0. The summed E-state index contributed by atoms with van der Waals surface area (Å²) in [5, 5.41) is 3.11. The van der Waals surface area contributed by atoms with Crippen LogP contribution in [0.15, 0.2) is 28.0 Å². The first-order chi connectivity index (χ1) is 9.35. The summed E-state index contributed by atoms with van der Waals surface area (Å²) in [5.74, 6) is 2.41. The van der Waals surface area contributed by atoms with Crippen molar-refractivity contribution >= 4 is 0 Å². The molecule has 104 valence electrons. The van der Waals surface area contributed by atoms with Gasteiger partial charge in [0.15, 0.2) is 0 Å². The van der Waals surface area contributed by atoms with Gasteiger partial charge >= 0.3 is 0 Å². The van der Waals surface area contributed by atoms with Crippen molar-refractivity contribution in [2.24, 2.45) is 22.9 Å². The maximum atomic E-state index is 10.5. The summed E-state index contributed by atoms with van der Waals surface area (Å²) in [6.45, 7) is 2.78. The summed E-state index contributed by atoms with van der Waals surface area (Å²) in [4.78, 5) is 10.5. The highest BCUT2D eigenvalue weighted by atomic mass is 16.3. The Kier molecular flexibility index (Phi) is 3.86. The number of allylic oxidation sites excluding steroid dienone is 3. The summed E-state index contributed by atoms with van der Waals surface area (Å²) in [6.07, 6.45) is 12.8. The number of nitrogens with zero attached hydrogens (tertiary/aromatic N) is 1. The van der Waals surface area contributed by atoms with Gasteiger partial charge in [-0.1, -0.05) is 36.6 Å². The summed E-state index contributed by atoms with van der Waals surface area (Å²) in [7, 11) is 0. The Labute approximate surface area is 116 Å². The molecule has 2 heteroatoms. The van der Waals surface area contributed by atoms with Crippen molar-refractivity contribution in [2.75, 3.05) is 6.54 Å². The van der Waals surface area contributed by atoms with E-state index in [1.165, 1.54) is 44.9 Å². The summed E-state index contributed by atoms with van der Waals surface area (Å²) in [6, 6.07) is 0. The van der Waals surface area contributed by atoms with Gasteiger partial charge in [0.2, 0.25) is 0 Å². The Morgan fingerprint density at radius 1 is 1.32 bits per heavy atom. The Bertz CT molecular complexity index is 421. The zero-order valence-corrected chi connectivity index (χ0v) is 12.0. The maximum absolute atomic E-state index is 10.5. The van der Waals surface area contributed by atoms with Gasteiger partial charge in [0.1, 0.15) is 0 Å². The van der Waals surface area contributed by atoms with E-state index in [2.05, 4.69) is 18.2 Å². The average molecular weight is 259 g/mol. The Hall–Kier alpha value is -0.920. The van der Waals surface area contributed by atoms with Gasteiger partial charge in [-0.3, -0.25) is 0 Å². The predicted molar refractivity (Wildman–Crippen MR) is 78.9 cm³/mol. The molecule has 0 N–H and O–H groups in total. The van der Waals surface area contributed by atoms with Crippen LogP contribution in [0.1, 0.15) is 58.3 Å². The van der Waals surface area contributed by atoms with Gasteiger partial charge in [-0.15, -0.1) is 0 Å². The van der Waals surface area contributed by atoms with Crippen LogP contribution in [0.5, 0.6) is 0 Å². The smallest absolute Gasteiger partial charge is 0.0848 e. The van der Waals surface area contributed by atoms with Crippen molar-refractivity contribution in [3.05, 3.63) is 27.7 Å². The molecule has 19 heavy (non-hydrogen) atoms. The van der Waals surface area contributed by atoms with E-state index in [1.807, 2.05) is 0 Å². The van der Waals surface area contributed by atoms with Crippen molar-refractivity contribution in [1.82, 2.24) is 0 Å². The van der Waals surface area contributed by atoms with E-state index in [0.717, 1.165) is 24.2 Å². The fourth-order valence-electron chi connectivity index (χ4n) is 4.75. The second-order valence-electron chi connectivity index (χ2n) is 6.46. The fourth-order valence-corrected chi connectivity index (χ4v) is 4.75.